The zero-order valence-electron chi connectivity index (χ0n) is 11.4. The molecule has 0 aliphatic heterocycles. The van der Waals surface area contributed by atoms with E-state index in [-0.39, 0.29) is 6.54 Å². The molecule has 1 aromatic carbocycles. The van der Waals surface area contributed by atoms with Gasteiger partial charge in [0.15, 0.2) is 0 Å². The van der Waals surface area contributed by atoms with Crippen LogP contribution in [-0.4, -0.2) is 29.1 Å². The molecular formula is C16H23NO2. The number of carboxylic acids is 1. The van der Waals surface area contributed by atoms with E-state index in [1.165, 1.54) is 37.7 Å². The topological polar surface area (TPSA) is 40.5 Å². The summed E-state index contributed by atoms with van der Waals surface area (Å²) < 4.78 is 0. The highest BCUT2D eigenvalue weighted by Gasteiger charge is 2.19. The van der Waals surface area contributed by atoms with Crippen molar-refractivity contribution in [3.63, 3.8) is 0 Å². The second-order valence-corrected chi connectivity index (χ2v) is 5.55. The fraction of sp³-hybridized carbons (Fsp3) is 0.562. The minimum atomic E-state index is -0.730. The van der Waals surface area contributed by atoms with E-state index in [2.05, 4.69) is 17.0 Å². The van der Waals surface area contributed by atoms with Crippen LogP contribution in [0.25, 0.3) is 0 Å². The Kier molecular flexibility index (Phi) is 5.40. The van der Waals surface area contributed by atoms with E-state index < -0.39 is 5.97 Å². The third-order valence-corrected chi connectivity index (χ3v) is 3.85. The maximum atomic E-state index is 11.0. The van der Waals surface area contributed by atoms with E-state index in [1.807, 2.05) is 18.2 Å². The summed E-state index contributed by atoms with van der Waals surface area (Å²) in [4.78, 5) is 13.1. The number of benzene rings is 1. The van der Waals surface area contributed by atoms with Gasteiger partial charge < -0.3 is 5.11 Å². The zero-order chi connectivity index (χ0) is 13.5. The smallest absolute Gasteiger partial charge is 0.317 e. The molecule has 1 aromatic rings. The molecule has 0 aromatic heterocycles. The predicted octanol–water partition coefficient (Wildman–Crippen LogP) is 3.15. The number of aliphatic carboxylic acids is 1. The molecule has 0 heterocycles. The maximum Gasteiger partial charge on any atom is 0.317 e. The Hall–Kier alpha value is -1.35. The Bertz CT molecular complexity index is 385. The second kappa shape index (κ2) is 7.29. The third-order valence-electron chi connectivity index (χ3n) is 3.85. The van der Waals surface area contributed by atoms with Crippen molar-refractivity contribution < 1.29 is 9.90 Å². The molecule has 1 fully saturated rings. The summed E-state index contributed by atoms with van der Waals surface area (Å²) in [6.45, 7) is 1.80. The summed E-state index contributed by atoms with van der Waals surface area (Å²) in [5, 5.41) is 9.05. The monoisotopic (exact) mass is 261 g/mol. The molecule has 3 heteroatoms. The molecule has 2 rings (SSSR count). The van der Waals surface area contributed by atoms with Gasteiger partial charge in [-0.25, -0.2) is 0 Å². The van der Waals surface area contributed by atoms with E-state index in [1.54, 1.807) is 0 Å². The van der Waals surface area contributed by atoms with Gasteiger partial charge in [-0.15, -0.1) is 0 Å². The Morgan fingerprint density at radius 1 is 1.16 bits per heavy atom. The van der Waals surface area contributed by atoms with E-state index >= 15 is 0 Å². The highest BCUT2D eigenvalue weighted by Crippen LogP contribution is 2.24. The lowest BCUT2D eigenvalue weighted by Crippen LogP contribution is -2.34. The van der Waals surface area contributed by atoms with Crippen LogP contribution >= 0.6 is 0 Å². The second-order valence-electron chi connectivity index (χ2n) is 5.55. The average molecular weight is 261 g/mol. The molecule has 0 amide bonds. The molecule has 0 bridgehead atoms. The lowest BCUT2D eigenvalue weighted by Gasteiger charge is -2.28. The summed E-state index contributed by atoms with van der Waals surface area (Å²) in [6, 6.07) is 10.1. The van der Waals surface area contributed by atoms with Crippen molar-refractivity contribution >= 4 is 5.97 Å². The van der Waals surface area contributed by atoms with E-state index in [0.29, 0.717) is 5.92 Å². The van der Waals surface area contributed by atoms with Gasteiger partial charge in [-0.2, -0.15) is 0 Å². The number of hydrogen-bond donors (Lipinski definition) is 1. The number of carboxylic acid groups (broad SMARTS) is 1. The first-order valence-electron chi connectivity index (χ1n) is 7.22. The molecule has 19 heavy (non-hydrogen) atoms. The van der Waals surface area contributed by atoms with Crippen molar-refractivity contribution in [1.82, 2.24) is 4.90 Å². The van der Waals surface area contributed by atoms with Gasteiger partial charge in [-0.05, 0) is 24.3 Å². The summed E-state index contributed by atoms with van der Waals surface area (Å²) in [5.74, 6) is -0.0523. The standard InChI is InChI=1S/C16H23NO2/c18-16(19)13-17(11-14-7-3-1-4-8-14)12-15-9-5-2-6-10-15/h1,3-4,7-8,15H,2,5-6,9-13H2,(H,18,19). The first-order valence-corrected chi connectivity index (χ1v) is 7.22. The van der Waals surface area contributed by atoms with Crippen molar-refractivity contribution in [3.8, 4) is 0 Å². The van der Waals surface area contributed by atoms with Gasteiger partial charge in [0.25, 0.3) is 0 Å². The summed E-state index contributed by atoms with van der Waals surface area (Å²) in [7, 11) is 0. The summed E-state index contributed by atoms with van der Waals surface area (Å²) >= 11 is 0. The summed E-state index contributed by atoms with van der Waals surface area (Å²) in [5.41, 5.74) is 1.19. The average Bonchev–Trinajstić information content (AvgIpc) is 2.40. The van der Waals surface area contributed by atoms with Gasteiger partial charge in [0.2, 0.25) is 0 Å². The van der Waals surface area contributed by atoms with Crippen LogP contribution in [0.3, 0.4) is 0 Å². The predicted molar refractivity (Wildman–Crippen MR) is 75.9 cm³/mol. The summed E-state index contributed by atoms with van der Waals surface area (Å²) in [6.07, 6.45) is 6.46. The van der Waals surface area contributed by atoms with Crippen LogP contribution < -0.4 is 0 Å². The maximum absolute atomic E-state index is 11.0. The van der Waals surface area contributed by atoms with E-state index in [0.717, 1.165) is 13.1 Å². The molecule has 0 atom stereocenters. The lowest BCUT2D eigenvalue weighted by atomic mass is 9.89. The highest BCUT2D eigenvalue weighted by molar-refractivity contribution is 5.69. The molecular weight excluding hydrogens is 238 g/mol. The number of nitrogens with zero attached hydrogens (tertiary/aromatic N) is 1. The third kappa shape index (κ3) is 5.03. The minimum absolute atomic E-state index is 0.144. The van der Waals surface area contributed by atoms with Crippen LogP contribution in [0.15, 0.2) is 30.3 Å². The SMILES string of the molecule is O=C(O)CN(Cc1ccccc1)CC1CCCCC1. The minimum Gasteiger partial charge on any atom is -0.480 e. The van der Waals surface area contributed by atoms with Crippen molar-refractivity contribution in [3.05, 3.63) is 35.9 Å². The molecule has 0 saturated heterocycles. The first kappa shape index (κ1) is 14.1. The molecule has 1 saturated carbocycles. The molecule has 1 aliphatic carbocycles. The quantitative estimate of drug-likeness (QED) is 0.855. The van der Waals surface area contributed by atoms with Crippen LogP contribution in [0.4, 0.5) is 0 Å². The van der Waals surface area contributed by atoms with Gasteiger partial charge in [0.1, 0.15) is 0 Å². The van der Waals surface area contributed by atoms with Gasteiger partial charge in [-0.3, -0.25) is 9.69 Å². The fourth-order valence-corrected chi connectivity index (χ4v) is 2.95. The van der Waals surface area contributed by atoms with Gasteiger partial charge in [0.05, 0.1) is 6.54 Å². The van der Waals surface area contributed by atoms with Crippen molar-refractivity contribution in [2.75, 3.05) is 13.1 Å². The van der Waals surface area contributed by atoms with Crippen molar-refractivity contribution in [1.29, 1.82) is 0 Å². The molecule has 0 unspecified atom stereocenters. The van der Waals surface area contributed by atoms with Crippen molar-refractivity contribution in [2.24, 2.45) is 5.92 Å². The highest BCUT2D eigenvalue weighted by atomic mass is 16.4. The Morgan fingerprint density at radius 2 is 1.84 bits per heavy atom. The van der Waals surface area contributed by atoms with Crippen LogP contribution in [0.5, 0.6) is 0 Å². The van der Waals surface area contributed by atoms with Gasteiger partial charge >= 0.3 is 5.97 Å². The van der Waals surface area contributed by atoms with Crippen molar-refractivity contribution in [2.45, 2.75) is 38.6 Å². The molecule has 104 valence electrons. The van der Waals surface area contributed by atoms with Crippen LogP contribution in [-0.2, 0) is 11.3 Å². The zero-order valence-corrected chi connectivity index (χ0v) is 11.4. The van der Waals surface area contributed by atoms with Crippen LogP contribution in [0.2, 0.25) is 0 Å². The van der Waals surface area contributed by atoms with Gasteiger partial charge in [0, 0.05) is 13.1 Å². The Labute approximate surface area is 115 Å². The molecule has 0 spiro atoms. The van der Waals surface area contributed by atoms with Crippen LogP contribution in [0, 0.1) is 5.92 Å². The lowest BCUT2D eigenvalue weighted by molar-refractivity contribution is -0.138. The Morgan fingerprint density at radius 3 is 2.47 bits per heavy atom. The van der Waals surface area contributed by atoms with E-state index in [4.69, 9.17) is 5.11 Å². The van der Waals surface area contributed by atoms with Gasteiger partial charge in [-0.1, -0.05) is 49.6 Å². The normalized spacial score (nSPS) is 16.7. The fourth-order valence-electron chi connectivity index (χ4n) is 2.95. The molecule has 1 aliphatic rings. The molecule has 0 radical (unpaired) electrons. The largest absolute Gasteiger partial charge is 0.480 e. The first-order chi connectivity index (χ1) is 9.24. The molecule has 3 nitrogen and oxygen atoms in total. The number of hydrogen-bond acceptors (Lipinski definition) is 2. The molecule has 1 N–H and O–H groups in total. The van der Waals surface area contributed by atoms with E-state index in [9.17, 15) is 4.79 Å². The Balaban J connectivity index is 1.92. The number of rotatable bonds is 6. The van der Waals surface area contributed by atoms with Crippen LogP contribution in [0.1, 0.15) is 37.7 Å². The number of carbonyl (C=O) groups is 1.